The third-order valence-electron chi connectivity index (χ3n) is 5.17. The first-order valence-corrected chi connectivity index (χ1v) is 9.70. The molecule has 1 fully saturated rings. The van der Waals surface area contributed by atoms with E-state index in [2.05, 4.69) is 0 Å². The van der Waals surface area contributed by atoms with Crippen molar-refractivity contribution in [2.75, 3.05) is 27.3 Å². The number of rotatable bonds is 7. The highest BCUT2D eigenvalue weighted by molar-refractivity contribution is 6.07. The number of ether oxygens (including phenoxy) is 2. The van der Waals surface area contributed by atoms with Crippen LogP contribution in [0, 0.1) is 0 Å². The van der Waals surface area contributed by atoms with Gasteiger partial charge >= 0.3 is 0 Å². The lowest BCUT2D eigenvalue weighted by molar-refractivity contribution is -0.918. The average Bonchev–Trinajstić information content (AvgIpc) is 2.74. The number of phenolic OH excluding ortho intramolecular Hbond substituents is 1. The van der Waals surface area contributed by atoms with Crippen LogP contribution in [0.15, 0.2) is 42.5 Å². The fraction of sp³-hybridized carbons (Fsp3) is 0.348. The second kappa shape index (κ2) is 9.42. The lowest BCUT2D eigenvalue weighted by Crippen LogP contribution is -3.11. The van der Waals surface area contributed by atoms with E-state index >= 15 is 0 Å². The highest BCUT2D eigenvalue weighted by atomic mass is 16.5. The van der Waals surface area contributed by atoms with Gasteiger partial charge in [-0.05, 0) is 61.2 Å². The van der Waals surface area contributed by atoms with Crippen molar-refractivity contribution < 1.29 is 24.3 Å². The molecule has 2 N–H and O–H groups in total. The van der Waals surface area contributed by atoms with Gasteiger partial charge in [0.15, 0.2) is 5.78 Å². The number of methoxy groups -OCH3 is 2. The molecule has 0 aromatic heterocycles. The SMILES string of the molecule is COc1cc(/C=C/C(=O)c2ccc(O)c(C[NH+]3CCCCC3)c2)cc(OC)c1. The number of hydrogen-bond acceptors (Lipinski definition) is 4. The van der Waals surface area contributed by atoms with Gasteiger partial charge in [0.05, 0.1) is 27.3 Å². The van der Waals surface area contributed by atoms with Gasteiger partial charge in [0.2, 0.25) is 0 Å². The monoisotopic (exact) mass is 382 g/mol. The maximum absolute atomic E-state index is 12.6. The fourth-order valence-corrected chi connectivity index (χ4v) is 3.57. The summed E-state index contributed by atoms with van der Waals surface area (Å²) in [5, 5.41) is 10.2. The Hall–Kier alpha value is -2.79. The largest absolute Gasteiger partial charge is 0.507 e. The van der Waals surface area contributed by atoms with E-state index < -0.39 is 0 Å². The number of aromatic hydroxyl groups is 1. The number of hydrogen-bond donors (Lipinski definition) is 2. The van der Waals surface area contributed by atoms with Crippen LogP contribution in [-0.2, 0) is 6.54 Å². The molecule has 0 amide bonds. The van der Waals surface area contributed by atoms with Gasteiger partial charge in [-0.25, -0.2) is 0 Å². The van der Waals surface area contributed by atoms with Gasteiger partial charge in [-0.2, -0.15) is 0 Å². The highest BCUT2D eigenvalue weighted by Crippen LogP contribution is 2.24. The summed E-state index contributed by atoms with van der Waals surface area (Å²) in [7, 11) is 3.19. The summed E-state index contributed by atoms with van der Waals surface area (Å²) in [6.45, 7) is 2.99. The van der Waals surface area contributed by atoms with E-state index in [4.69, 9.17) is 9.47 Å². The highest BCUT2D eigenvalue weighted by Gasteiger charge is 2.17. The number of likely N-dealkylation sites (tertiary alicyclic amines) is 1. The molecule has 1 aliphatic heterocycles. The first-order chi connectivity index (χ1) is 13.6. The minimum Gasteiger partial charge on any atom is -0.507 e. The Morgan fingerprint density at radius 2 is 1.71 bits per heavy atom. The summed E-state index contributed by atoms with van der Waals surface area (Å²) in [5.41, 5.74) is 2.23. The maximum Gasteiger partial charge on any atom is 0.185 e. The molecular formula is C23H28NO4+. The van der Waals surface area contributed by atoms with E-state index in [0.717, 1.165) is 30.8 Å². The molecule has 0 bridgehead atoms. The van der Waals surface area contributed by atoms with Crippen LogP contribution in [0.25, 0.3) is 6.08 Å². The molecule has 148 valence electrons. The average molecular weight is 382 g/mol. The number of ketones is 1. The summed E-state index contributed by atoms with van der Waals surface area (Å²) < 4.78 is 10.5. The zero-order valence-electron chi connectivity index (χ0n) is 16.5. The van der Waals surface area contributed by atoms with E-state index in [1.165, 1.54) is 30.2 Å². The number of nitrogens with one attached hydrogen (secondary N) is 1. The molecule has 0 unspecified atom stereocenters. The fourth-order valence-electron chi connectivity index (χ4n) is 3.57. The van der Waals surface area contributed by atoms with Crippen LogP contribution in [0.3, 0.4) is 0 Å². The van der Waals surface area contributed by atoms with Crippen molar-refractivity contribution in [3.8, 4) is 17.2 Å². The molecule has 28 heavy (non-hydrogen) atoms. The van der Waals surface area contributed by atoms with Crippen molar-refractivity contribution in [3.63, 3.8) is 0 Å². The van der Waals surface area contributed by atoms with Crippen LogP contribution >= 0.6 is 0 Å². The van der Waals surface area contributed by atoms with E-state index in [1.54, 1.807) is 38.5 Å². The van der Waals surface area contributed by atoms with Gasteiger partial charge in [-0.1, -0.05) is 6.08 Å². The van der Waals surface area contributed by atoms with Crippen molar-refractivity contribution in [1.82, 2.24) is 0 Å². The van der Waals surface area contributed by atoms with E-state index in [0.29, 0.717) is 17.1 Å². The van der Waals surface area contributed by atoms with Crippen molar-refractivity contribution >= 4 is 11.9 Å². The molecule has 1 heterocycles. The lowest BCUT2D eigenvalue weighted by atomic mass is 10.0. The summed E-state index contributed by atoms with van der Waals surface area (Å²) in [5.74, 6) is 1.50. The number of phenols is 1. The molecule has 2 aromatic rings. The number of allylic oxidation sites excluding steroid dienone is 1. The van der Waals surface area contributed by atoms with Crippen LogP contribution in [-0.4, -0.2) is 38.2 Å². The van der Waals surface area contributed by atoms with E-state index in [1.807, 2.05) is 18.2 Å². The Balaban J connectivity index is 1.75. The normalized spacial score (nSPS) is 14.9. The van der Waals surface area contributed by atoms with Crippen LogP contribution in [0.4, 0.5) is 0 Å². The number of quaternary nitrogens is 1. The predicted octanol–water partition coefficient (Wildman–Crippen LogP) is 2.87. The van der Waals surface area contributed by atoms with Crippen molar-refractivity contribution in [2.24, 2.45) is 0 Å². The molecule has 0 radical (unpaired) electrons. The minimum absolute atomic E-state index is 0.100. The Labute approximate surface area is 166 Å². The molecule has 5 nitrogen and oxygen atoms in total. The van der Waals surface area contributed by atoms with Gasteiger partial charge in [0, 0.05) is 17.2 Å². The zero-order chi connectivity index (χ0) is 19.9. The molecule has 1 saturated heterocycles. The Morgan fingerprint density at radius 1 is 1.04 bits per heavy atom. The molecule has 2 aromatic carbocycles. The Morgan fingerprint density at radius 3 is 2.36 bits per heavy atom. The number of piperidine rings is 1. The quantitative estimate of drug-likeness (QED) is 0.571. The topological polar surface area (TPSA) is 60.2 Å². The number of carbonyl (C=O) groups excluding carboxylic acids is 1. The number of benzene rings is 2. The Bertz CT molecular complexity index is 831. The molecule has 0 aliphatic carbocycles. The van der Waals surface area contributed by atoms with Gasteiger partial charge < -0.3 is 19.5 Å². The van der Waals surface area contributed by atoms with Gasteiger partial charge in [0.25, 0.3) is 0 Å². The lowest BCUT2D eigenvalue weighted by Gasteiger charge is -2.23. The summed E-state index contributed by atoms with van der Waals surface area (Å²) in [6.07, 6.45) is 7.02. The van der Waals surface area contributed by atoms with Crippen LogP contribution in [0.2, 0.25) is 0 Å². The van der Waals surface area contributed by atoms with Gasteiger partial charge in [-0.3, -0.25) is 4.79 Å². The molecule has 3 rings (SSSR count). The standard InChI is InChI=1S/C23H27NO4/c1-27-20-12-17(13-21(15-20)28-2)6-8-22(25)18-7-9-23(26)19(14-18)16-24-10-4-3-5-11-24/h6-9,12-15,26H,3-5,10-11,16H2,1-2H3/p+1/b8-6+. The first kappa shape index (κ1) is 20.0. The molecule has 1 aliphatic rings. The molecule has 0 spiro atoms. The smallest absolute Gasteiger partial charge is 0.185 e. The van der Waals surface area contributed by atoms with Crippen LogP contribution in [0.5, 0.6) is 17.2 Å². The van der Waals surface area contributed by atoms with Gasteiger partial charge in [0.1, 0.15) is 23.8 Å². The predicted molar refractivity (Wildman–Crippen MR) is 109 cm³/mol. The summed E-state index contributed by atoms with van der Waals surface area (Å²) in [4.78, 5) is 14.1. The van der Waals surface area contributed by atoms with Crippen molar-refractivity contribution in [1.29, 1.82) is 0 Å². The molecule has 0 atom stereocenters. The minimum atomic E-state index is -0.100. The van der Waals surface area contributed by atoms with Crippen molar-refractivity contribution in [3.05, 3.63) is 59.2 Å². The third kappa shape index (κ3) is 5.14. The molecular weight excluding hydrogens is 354 g/mol. The summed E-state index contributed by atoms with van der Waals surface area (Å²) in [6, 6.07) is 10.6. The first-order valence-electron chi connectivity index (χ1n) is 9.70. The molecule has 0 saturated carbocycles. The second-order valence-electron chi connectivity index (χ2n) is 7.17. The summed E-state index contributed by atoms with van der Waals surface area (Å²) >= 11 is 0. The Kier molecular flexibility index (Phi) is 6.71. The van der Waals surface area contributed by atoms with Crippen molar-refractivity contribution in [2.45, 2.75) is 25.8 Å². The van der Waals surface area contributed by atoms with E-state index in [9.17, 15) is 9.90 Å². The molecule has 5 heteroatoms. The zero-order valence-corrected chi connectivity index (χ0v) is 16.5. The third-order valence-corrected chi connectivity index (χ3v) is 5.17. The number of carbonyl (C=O) groups is 1. The van der Waals surface area contributed by atoms with Crippen LogP contribution < -0.4 is 14.4 Å². The maximum atomic E-state index is 12.6. The van der Waals surface area contributed by atoms with E-state index in [-0.39, 0.29) is 11.5 Å². The van der Waals surface area contributed by atoms with Crippen LogP contribution in [0.1, 0.15) is 40.7 Å². The second-order valence-corrected chi connectivity index (χ2v) is 7.17. The van der Waals surface area contributed by atoms with Gasteiger partial charge in [-0.15, -0.1) is 0 Å².